The van der Waals surface area contributed by atoms with E-state index in [1.807, 2.05) is 48.8 Å². The van der Waals surface area contributed by atoms with Crippen LogP contribution in [0.3, 0.4) is 0 Å². The summed E-state index contributed by atoms with van der Waals surface area (Å²) in [5, 5.41) is 14.4. The number of hydrogen-bond donors (Lipinski definition) is 2. The van der Waals surface area contributed by atoms with E-state index in [0.29, 0.717) is 42.5 Å². The molecule has 0 aromatic heterocycles. The molecule has 36 heavy (non-hydrogen) atoms. The van der Waals surface area contributed by atoms with Gasteiger partial charge in [-0.05, 0) is 26.7 Å². The first-order valence-electron chi connectivity index (χ1n) is 12.0. The van der Waals surface area contributed by atoms with Gasteiger partial charge in [0.25, 0.3) is 0 Å². The lowest BCUT2D eigenvalue weighted by molar-refractivity contribution is -0.137. The maximum absolute atomic E-state index is 12.2. The zero-order chi connectivity index (χ0) is 25.9. The number of fused-ring (bicyclic) bond motifs is 4. The van der Waals surface area contributed by atoms with Gasteiger partial charge in [-0.3, -0.25) is 4.79 Å². The van der Waals surface area contributed by atoms with Gasteiger partial charge in [-0.15, -0.1) is 0 Å². The summed E-state index contributed by atoms with van der Waals surface area (Å²) >= 11 is 0. The van der Waals surface area contributed by atoms with Crippen LogP contribution in [0.2, 0.25) is 0 Å². The van der Waals surface area contributed by atoms with Crippen molar-refractivity contribution in [3.63, 3.8) is 0 Å². The van der Waals surface area contributed by atoms with Gasteiger partial charge in [0, 0.05) is 41.6 Å². The highest BCUT2D eigenvalue weighted by Crippen LogP contribution is 2.35. The van der Waals surface area contributed by atoms with Crippen molar-refractivity contribution in [2.45, 2.75) is 44.4 Å². The number of anilines is 1. The lowest BCUT2D eigenvalue weighted by Crippen LogP contribution is -2.30. The molecule has 0 radical (unpaired) electrons. The quantitative estimate of drug-likeness (QED) is 0.108. The molecule has 0 saturated carbocycles. The van der Waals surface area contributed by atoms with E-state index in [2.05, 4.69) is 10.3 Å². The fraction of sp³-hybridized carbons (Fsp3) is 0.346. The Kier molecular flexibility index (Phi) is 7.56. The van der Waals surface area contributed by atoms with Crippen molar-refractivity contribution < 1.29 is 27.3 Å². The molecule has 10 heteroatoms. The normalized spacial score (nSPS) is 11.9. The van der Waals surface area contributed by atoms with Crippen molar-refractivity contribution >= 4 is 43.6 Å². The van der Waals surface area contributed by atoms with Crippen LogP contribution >= 0.6 is 0 Å². The molecule has 9 nitrogen and oxygen atoms in total. The molecule has 190 valence electrons. The maximum Gasteiger partial charge on any atom is 0.303 e. The highest BCUT2D eigenvalue weighted by molar-refractivity contribution is 7.85. The molecule has 0 fully saturated rings. The minimum Gasteiger partial charge on any atom is -0.744 e. The van der Waals surface area contributed by atoms with E-state index in [4.69, 9.17) is 9.52 Å². The van der Waals surface area contributed by atoms with Gasteiger partial charge in [0.05, 0.1) is 11.0 Å². The van der Waals surface area contributed by atoms with Gasteiger partial charge in [-0.1, -0.05) is 30.7 Å². The minimum atomic E-state index is -4.81. The molecule has 2 N–H and O–H groups in total. The maximum atomic E-state index is 12.2. The predicted molar refractivity (Wildman–Crippen MR) is 137 cm³/mol. The number of hydrogen-bond acceptors (Lipinski definition) is 7. The second kappa shape index (κ2) is 10.6. The number of nitrogens with zero attached hydrogens (tertiary/aromatic N) is 2. The van der Waals surface area contributed by atoms with Crippen molar-refractivity contribution in [2.24, 2.45) is 0 Å². The van der Waals surface area contributed by atoms with Crippen LogP contribution in [0, 0.1) is 0 Å². The Hall–Kier alpha value is -3.50. The van der Waals surface area contributed by atoms with Crippen LogP contribution in [0.15, 0.2) is 51.8 Å². The third-order valence-corrected chi connectivity index (χ3v) is 7.08. The van der Waals surface area contributed by atoms with Crippen LogP contribution in [-0.4, -0.2) is 48.7 Å². The third-order valence-electron chi connectivity index (χ3n) is 6.23. The summed E-state index contributed by atoms with van der Waals surface area (Å²) in [4.78, 5) is 14.9. The average Bonchev–Trinajstić information content (AvgIpc) is 2.84. The molecule has 0 atom stereocenters. The van der Waals surface area contributed by atoms with Crippen LogP contribution in [-0.2, 0) is 14.9 Å². The smallest absolute Gasteiger partial charge is 0.303 e. The molecule has 4 rings (SSSR count). The predicted octanol–water partition coefficient (Wildman–Crippen LogP) is 3.86. The molecule has 2 aliphatic rings. The molecule has 1 aliphatic carbocycles. The molecule has 0 unspecified atom stereocenters. The Morgan fingerprint density at radius 1 is 1.08 bits per heavy atom. The van der Waals surface area contributed by atoms with E-state index in [9.17, 15) is 17.8 Å². The van der Waals surface area contributed by atoms with Crippen molar-refractivity contribution in [2.75, 3.05) is 25.0 Å². The molecule has 2 aromatic rings. The minimum absolute atomic E-state index is 0.0118. The molecular weight excluding hydrogens is 482 g/mol. The lowest BCUT2D eigenvalue weighted by Gasteiger charge is -2.16. The molecule has 0 spiro atoms. The summed E-state index contributed by atoms with van der Waals surface area (Å²) in [6.07, 6.45) is 2.39. The van der Waals surface area contributed by atoms with Gasteiger partial charge in [0.2, 0.25) is 5.36 Å². The van der Waals surface area contributed by atoms with Gasteiger partial charge in [0.15, 0.2) is 11.3 Å². The summed E-state index contributed by atoms with van der Waals surface area (Å²) in [6, 6.07) is 12.5. The van der Waals surface area contributed by atoms with Crippen molar-refractivity contribution in [3.8, 4) is 11.5 Å². The first-order chi connectivity index (χ1) is 17.2. The molecule has 0 saturated heterocycles. The van der Waals surface area contributed by atoms with Crippen molar-refractivity contribution in [1.29, 1.82) is 0 Å². The van der Waals surface area contributed by atoms with Gasteiger partial charge >= 0.3 is 5.97 Å². The Morgan fingerprint density at radius 2 is 1.81 bits per heavy atom. The van der Waals surface area contributed by atoms with E-state index in [-0.39, 0.29) is 17.9 Å². The number of aromatic nitrogens is 1. The first kappa shape index (κ1) is 25.6. The molecule has 0 amide bonds. The Balaban J connectivity index is 1.86. The number of unbranched alkanes of at least 4 members (excludes halogenated alkanes) is 2. The standard InChI is InChI=1S/C26H29N3O6S/c1-3-29(4-2)17-14-21-26(23(15-17)36(32,33)34)28-25-19-11-8-7-10-18(19)20(16-22(25)35-21)27-13-9-5-6-12-24(30)31/h7-8,10-11,14-16H,3-6,9,12-13H2,1-2H3,(H2,30,31,32,33,34). The summed E-state index contributed by atoms with van der Waals surface area (Å²) in [5.74, 6) is -0.571. The van der Waals surface area contributed by atoms with Gasteiger partial charge in [0.1, 0.15) is 34.4 Å². The largest absolute Gasteiger partial charge is 0.744 e. The Morgan fingerprint density at radius 3 is 2.47 bits per heavy atom. The average molecular weight is 512 g/mol. The fourth-order valence-corrected chi connectivity index (χ4v) is 5.07. The SMILES string of the molecule is CC[N+](CC)=c1cc2oc3cc(NCCCCCC(=O)O)c4ccccc4c3nc-2c(S(=O)(=O)[O-])c1. The second-order valence-electron chi connectivity index (χ2n) is 8.58. The Bertz CT molecular complexity index is 1570. The number of aliphatic carboxylic acids is 1. The summed E-state index contributed by atoms with van der Waals surface area (Å²) in [6.45, 7) is 5.81. The van der Waals surface area contributed by atoms with E-state index < -0.39 is 21.0 Å². The number of carboxylic acids is 1. The van der Waals surface area contributed by atoms with E-state index in [1.165, 1.54) is 6.07 Å². The van der Waals surface area contributed by atoms with E-state index >= 15 is 0 Å². The summed E-state index contributed by atoms with van der Waals surface area (Å²) < 4.78 is 44.7. The molecule has 2 aromatic carbocycles. The summed E-state index contributed by atoms with van der Waals surface area (Å²) in [5.41, 5.74) is 1.77. The fourth-order valence-electron chi connectivity index (χ4n) is 4.42. The number of rotatable bonds is 10. The van der Waals surface area contributed by atoms with Crippen LogP contribution in [0.25, 0.3) is 33.3 Å². The molecule has 0 bridgehead atoms. The van der Waals surface area contributed by atoms with Gasteiger partial charge < -0.3 is 19.4 Å². The highest BCUT2D eigenvalue weighted by atomic mass is 32.2. The topological polar surface area (TPSA) is 136 Å². The lowest BCUT2D eigenvalue weighted by atomic mass is 10.1. The van der Waals surface area contributed by atoms with E-state index in [0.717, 1.165) is 29.3 Å². The third kappa shape index (κ3) is 5.34. The monoisotopic (exact) mass is 511 g/mol. The number of benzene rings is 3. The highest BCUT2D eigenvalue weighted by Gasteiger charge is 2.22. The van der Waals surface area contributed by atoms with Crippen LogP contribution in [0.4, 0.5) is 5.69 Å². The van der Waals surface area contributed by atoms with Crippen LogP contribution in [0.5, 0.6) is 0 Å². The van der Waals surface area contributed by atoms with Crippen LogP contribution < -0.4 is 15.2 Å². The number of carboxylic acid groups (broad SMARTS) is 1. The van der Waals surface area contributed by atoms with E-state index in [1.54, 1.807) is 6.07 Å². The Labute approximate surface area is 209 Å². The van der Waals surface area contributed by atoms with Gasteiger partial charge in [-0.25, -0.2) is 18.0 Å². The first-order valence-corrected chi connectivity index (χ1v) is 13.4. The van der Waals surface area contributed by atoms with Crippen molar-refractivity contribution in [1.82, 2.24) is 9.56 Å². The zero-order valence-electron chi connectivity index (χ0n) is 20.3. The molecule has 1 heterocycles. The van der Waals surface area contributed by atoms with Crippen LogP contribution in [0.1, 0.15) is 39.5 Å². The molecular formula is C26H29N3O6S. The molecule has 1 aliphatic heterocycles. The zero-order valence-corrected chi connectivity index (χ0v) is 21.1. The van der Waals surface area contributed by atoms with Gasteiger partial charge in [-0.2, -0.15) is 0 Å². The number of nitrogens with one attached hydrogen (secondary N) is 1. The van der Waals surface area contributed by atoms with Crippen molar-refractivity contribution in [3.05, 3.63) is 47.8 Å². The summed E-state index contributed by atoms with van der Waals surface area (Å²) in [7, 11) is -4.81. The second-order valence-corrected chi connectivity index (χ2v) is 9.93. The number of carbonyl (C=O) groups is 1.